The Bertz CT molecular complexity index is 972. The lowest BCUT2D eigenvalue weighted by Crippen LogP contribution is -2.39. The number of esters is 1. The summed E-state index contributed by atoms with van der Waals surface area (Å²) in [4.78, 5) is 40.1. The molecule has 1 fully saturated rings. The summed E-state index contributed by atoms with van der Waals surface area (Å²) in [5, 5.41) is 0. The summed E-state index contributed by atoms with van der Waals surface area (Å²) in [6.07, 6.45) is 0.685. The van der Waals surface area contributed by atoms with E-state index in [4.69, 9.17) is 9.47 Å². The molecule has 3 rings (SSSR count). The van der Waals surface area contributed by atoms with Crippen molar-refractivity contribution in [2.24, 2.45) is 0 Å². The van der Waals surface area contributed by atoms with Crippen LogP contribution in [0.4, 0.5) is 0 Å². The van der Waals surface area contributed by atoms with Gasteiger partial charge in [-0.05, 0) is 61.7 Å². The second kappa shape index (κ2) is 10.1. The normalized spacial score (nSPS) is 14.0. The highest BCUT2D eigenvalue weighted by molar-refractivity contribution is 5.94. The molecule has 1 heterocycles. The number of benzene rings is 2. The molecule has 0 atom stereocenters. The lowest BCUT2D eigenvalue weighted by molar-refractivity contribution is -0.133. The van der Waals surface area contributed by atoms with Gasteiger partial charge < -0.3 is 19.3 Å². The smallest absolute Gasteiger partial charge is 0.308 e. The van der Waals surface area contributed by atoms with E-state index in [2.05, 4.69) is 0 Å². The van der Waals surface area contributed by atoms with Crippen molar-refractivity contribution in [1.29, 1.82) is 0 Å². The highest BCUT2D eigenvalue weighted by atomic mass is 16.5. The molecular weight excluding hydrogens is 396 g/mol. The van der Waals surface area contributed by atoms with Crippen molar-refractivity contribution in [1.82, 2.24) is 9.80 Å². The van der Waals surface area contributed by atoms with Gasteiger partial charge in [0.2, 0.25) is 0 Å². The van der Waals surface area contributed by atoms with Gasteiger partial charge >= 0.3 is 5.97 Å². The molecule has 1 aliphatic rings. The zero-order valence-electron chi connectivity index (χ0n) is 18.2. The zero-order valence-corrected chi connectivity index (χ0v) is 18.2. The van der Waals surface area contributed by atoms with E-state index in [0.29, 0.717) is 49.7 Å². The van der Waals surface area contributed by atoms with Gasteiger partial charge in [0.25, 0.3) is 11.8 Å². The van der Waals surface area contributed by atoms with Crippen molar-refractivity contribution in [3.05, 3.63) is 59.2 Å². The van der Waals surface area contributed by atoms with Crippen molar-refractivity contribution in [3.63, 3.8) is 0 Å². The minimum Gasteiger partial charge on any atom is -0.484 e. The van der Waals surface area contributed by atoms with Crippen LogP contribution in [0.15, 0.2) is 42.5 Å². The highest BCUT2D eigenvalue weighted by Crippen LogP contribution is 2.18. The maximum atomic E-state index is 12.9. The summed E-state index contributed by atoms with van der Waals surface area (Å²) in [6, 6.07) is 12.3. The van der Waals surface area contributed by atoms with E-state index in [-0.39, 0.29) is 18.4 Å². The lowest BCUT2D eigenvalue weighted by Gasteiger charge is -2.22. The molecule has 1 aliphatic heterocycles. The Labute approximate surface area is 182 Å². The summed E-state index contributed by atoms with van der Waals surface area (Å²) >= 11 is 0. The van der Waals surface area contributed by atoms with Crippen molar-refractivity contribution in [2.45, 2.75) is 27.2 Å². The lowest BCUT2D eigenvalue weighted by atomic mass is 10.1. The van der Waals surface area contributed by atoms with Crippen LogP contribution in [0.5, 0.6) is 11.5 Å². The van der Waals surface area contributed by atoms with E-state index in [1.54, 1.807) is 34.1 Å². The maximum Gasteiger partial charge on any atom is 0.308 e. The van der Waals surface area contributed by atoms with Gasteiger partial charge in [-0.25, -0.2) is 0 Å². The number of carbonyl (C=O) groups is 3. The van der Waals surface area contributed by atoms with Crippen LogP contribution in [0.3, 0.4) is 0 Å². The Kier molecular flexibility index (Phi) is 7.28. The Morgan fingerprint density at radius 2 is 1.61 bits per heavy atom. The number of nitrogens with zero attached hydrogens (tertiary/aromatic N) is 2. The molecular formula is C24H28N2O5. The summed E-state index contributed by atoms with van der Waals surface area (Å²) in [7, 11) is 0. The Balaban J connectivity index is 1.55. The topological polar surface area (TPSA) is 76.2 Å². The van der Waals surface area contributed by atoms with E-state index < -0.39 is 5.97 Å². The quantitative estimate of drug-likeness (QED) is 0.545. The first-order valence-corrected chi connectivity index (χ1v) is 10.4. The number of carbonyl (C=O) groups excluding carboxylic acids is 3. The number of hydrogen-bond acceptors (Lipinski definition) is 5. The Morgan fingerprint density at radius 3 is 2.35 bits per heavy atom. The van der Waals surface area contributed by atoms with Crippen molar-refractivity contribution < 1.29 is 23.9 Å². The molecule has 0 bridgehead atoms. The Hall–Kier alpha value is -3.35. The highest BCUT2D eigenvalue weighted by Gasteiger charge is 2.23. The predicted molar refractivity (Wildman–Crippen MR) is 116 cm³/mol. The zero-order chi connectivity index (χ0) is 22.4. The molecule has 0 spiro atoms. The van der Waals surface area contributed by atoms with Gasteiger partial charge in [0, 0.05) is 38.7 Å². The van der Waals surface area contributed by atoms with Gasteiger partial charge in [-0.15, -0.1) is 0 Å². The SMILES string of the molecule is CC(=O)Oc1cccc(C(=O)N2CCCN(C(=O)COc3ccc(C)c(C)c3)CC2)c1. The molecule has 7 heteroatoms. The molecule has 0 radical (unpaired) electrons. The van der Waals surface area contributed by atoms with Gasteiger partial charge in [-0.1, -0.05) is 12.1 Å². The molecule has 7 nitrogen and oxygen atoms in total. The summed E-state index contributed by atoms with van der Waals surface area (Å²) < 4.78 is 10.7. The van der Waals surface area contributed by atoms with E-state index in [9.17, 15) is 14.4 Å². The standard InChI is InChI=1S/C24H28N2O5/c1-17-8-9-21(14-18(17)2)30-16-23(28)25-10-5-11-26(13-12-25)24(29)20-6-4-7-22(15-20)31-19(3)27/h4,6-9,14-15H,5,10-13,16H2,1-3H3. The van der Waals surface area contributed by atoms with Crippen LogP contribution >= 0.6 is 0 Å². The molecule has 0 unspecified atom stereocenters. The van der Waals surface area contributed by atoms with Gasteiger partial charge in [-0.3, -0.25) is 14.4 Å². The maximum absolute atomic E-state index is 12.9. The average molecular weight is 424 g/mol. The van der Waals surface area contributed by atoms with Gasteiger partial charge in [-0.2, -0.15) is 0 Å². The second-order valence-corrected chi connectivity index (χ2v) is 7.68. The number of hydrogen-bond donors (Lipinski definition) is 0. The molecule has 164 valence electrons. The summed E-state index contributed by atoms with van der Waals surface area (Å²) in [5.74, 6) is 0.347. The van der Waals surface area contributed by atoms with Crippen LogP contribution in [0.2, 0.25) is 0 Å². The minimum absolute atomic E-state index is 0.0269. The first kappa shape index (κ1) is 22.3. The van der Waals surface area contributed by atoms with E-state index in [0.717, 1.165) is 5.56 Å². The fourth-order valence-electron chi connectivity index (χ4n) is 3.45. The van der Waals surface area contributed by atoms with E-state index in [1.807, 2.05) is 32.0 Å². The van der Waals surface area contributed by atoms with Gasteiger partial charge in [0.15, 0.2) is 6.61 Å². The molecule has 0 aliphatic carbocycles. The summed E-state index contributed by atoms with van der Waals surface area (Å²) in [6.45, 7) is 7.34. The van der Waals surface area contributed by atoms with Crippen LogP contribution in [0, 0.1) is 13.8 Å². The number of amides is 2. The average Bonchev–Trinajstić information content (AvgIpc) is 3.00. The third-order valence-electron chi connectivity index (χ3n) is 5.32. The Morgan fingerprint density at radius 1 is 0.871 bits per heavy atom. The molecule has 31 heavy (non-hydrogen) atoms. The van der Waals surface area contributed by atoms with Crippen molar-refractivity contribution in [3.8, 4) is 11.5 Å². The van der Waals surface area contributed by atoms with E-state index in [1.165, 1.54) is 12.5 Å². The minimum atomic E-state index is -0.434. The molecule has 2 aromatic carbocycles. The van der Waals surface area contributed by atoms with E-state index >= 15 is 0 Å². The number of rotatable bonds is 5. The molecule has 1 saturated heterocycles. The van der Waals surface area contributed by atoms with Crippen molar-refractivity contribution >= 4 is 17.8 Å². The van der Waals surface area contributed by atoms with Crippen LogP contribution < -0.4 is 9.47 Å². The monoisotopic (exact) mass is 424 g/mol. The van der Waals surface area contributed by atoms with Gasteiger partial charge in [0.1, 0.15) is 11.5 Å². The third kappa shape index (κ3) is 6.07. The van der Waals surface area contributed by atoms with Crippen LogP contribution in [-0.4, -0.2) is 60.4 Å². The number of aryl methyl sites for hydroxylation is 2. The van der Waals surface area contributed by atoms with Crippen molar-refractivity contribution in [2.75, 3.05) is 32.8 Å². The fourth-order valence-corrected chi connectivity index (χ4v) is 3.45. The molecule has 2 amide bonds. The molecule has 2 aromatic rings. The fraction of sp³-hybridized carbons (Fsp3) is 0.375. The first-order chi connectivity index (χ1) is 14.8. The largest absolute Gasteiger partial charge is 0.484 e. The number of ether oxygens (including phenoxy) is 2. The molecule has 0 aromatic heterocycles. The van der Waals surface area contributed by atoms with Crippen LogP contribution in [-0.2, 0) is 9.59 Å². The van der Waals surface area contributed by atoms with Gasteiger partial charge in [0.05, 0.1) is 0 Å². The predicted octanol–water partition coefficient (Wildman–Crippen LogP) is 2.98. The van der Waals surface area contributed by atoms with Crippen LogP contribution in [0.1, 0.15) is 34.8 Å². The summed E-state index contributed by atoms with van der Waals surface area (Å²) in [5.41, 5.74) is 2.75. The molecule has 0 N–H and O–H groups in total. The third-order valence-corrected chi connectivity index (χ3v) is 5.32. The first-order valence-electron chi connectivity index (χ1n) is 10.4. The second-order valence-electron chi connectivity index (χ2n) is 7.68. The van der Waals surface area contributed by atoms with Crippen LogP contribution in [0.25, 0.3) is 0 Å². The molecule has 0 saturated carbocycles.